The summed E-state index contributed by atoms with van der Waals surface area (Å²) in [5.41, 5.74) is 4.60. The molecule has 8 nitrogen and oxygen atoms in total. The quantitative estimate of drug-likeness (QED) is 0.235. The smallest absolute Gasteiger partial charge is 0.284 e. The van der Waals surface area contributed by atoms with Crippen molar-refractivity contribution < 1.29 is 14.0 Å². The molecule has 0 bridgehead atoms. The number of carbonyl (C=O) groups excluding carboxylic acids is 2. The van der Waals surface area contributed by atoms with Crippen molar-refractivity contribution in [3.8, 4) is 11.1 Å². The van der Waals surface area contributed by atoms with Crippen LogP contribution in [-0.2, 0) is 19.5 Å². The maximum atomic E-state index is 15.8. The first-order valence-electron chi connectivity index (χ1n) is 14.8. The van der Waals surface area contributed by atoms with Crippen LogP contribution in [0.25, 0.3) is 11.1 Å². The first-order valence-corrected chi connectivity index (χ1v) is 15.6. The number of piperidine rings is 1. The first kappa shape index (κ1) is 29.1. The molecule has 1 saturated heterocycles. The topological polar surface area (TPSA) is 99.3 Å². The van der Waals surface area contributed by atoms with Gasteiger partial charge in [-0.3, -0.25) is 19.5 Å². The summed E-state index contributed by atoms with van der Waals surface area (Å²) in [7, 11) is 0. The molecule has 1 fully saturated rings. The van der Waals surface area contributed by atoms with Crippen LogP contribution in [0.15, 0.2) is 54.7 Å². The fraction of sp³-hybridized carbons (Fsp3) is 0.333. The van der Waals surface area contributed by atoms with E-state index < -0.39 is 11.7 Å². The Hall–Kier alpha value is -3.99. The lowest BCUT2D eigenvalue weighted by Gasteiger charge is -2.33. The van der Waals surface area contributed by atoms with Crippen LogP contribution in [0.3, 0.4) is 0 Å². The van der Waals surface area contributed by atoms with Gasteiger partial charge in [-0.1, -0.05) is 36.8 Å². The number of anilines is 2. The largest absolute Gasteiger partial charge is 0.320 e. The molecule has 6 rings (SSSR count). The average Bonchev–Trinajstić information content (AvgIpc) is 3.46. The second-order valence-electron chi connectivity index (χ2n) is 11.2. The SMILES string of the molecule is Cc1c(NC(=O)c2ccc(CN3CCCC[C@H]3C)cn2)cccc1-c1cccc(NC(=O)c2nc3c(s2)CNCC3)c1F. The van der Waals surface area contributed by atoms with Crippen LogP contribution in [-0.4, -0.2) is 45.8 Å². The number of fused-ring (bicyclic) bond motifs is 1. The summed E-state index contributed by atoms with van der Waals surface area (Å²) < 4.78 is 15.8. The second kappa shape index (κ2) is 12.7. The van der Waals surface area contributed by atoms with E-state index in [2.05, 4.69) is 37.7 Å². The van der Waals surface area contributed by atoms with Gasteiger partial charge in [-0.2, -0.15) is 0 Å². The fourth-order valence-electron chi connectivity index (χ4n) is 5.76. The molecule has 3 N–H and O–H groups in total. The molecule has 0 saturated carbocycles. The lowest BCUT2D eigenvalue weighted by atomic mass is 9.98. The van der Waals surface area contributed by atoms with Crippen molar-refractivity contribution in [3.63, 3.8) is 0 Å². The van der Waals surface area contributed by atoms with Gasteiger partial charge in [0, 0.05) is 54.4 Å². The van der Waals surface area contributed by atoms with Crippen LogP contribution in [0.5, 0.6) is 0 Å². The van der Waals surface area contributed by atoms with E-state index in [1.807, 2.05) is 13.0 Å². The molecule has 43 heavy (non-hydrogen) atoms. The van der Waals surface area contributed by atoms with Gasteiger partial charge >= 0.3 is 0 Å². The molecule has 0 unspecified atom stereocenters. The van der Waals surface area contributed by atoms with E-state index in [1.54, 1.807) is 42.6 Å². The van der Waals surface area contributed by atoms with Crippen LogP contribution >= 0.6 is 11.3 Å². The van der Waals surface area contributed by atoms with Gasteiger partial charge < -0.3 is 16.0 Å². The number of aromatic nitrogens is 2. The normalized spacial score (nSPS) is 16.9. The Kier molecular flexibility index (Phi) is 8.60. The molecule has 10 heteroatoms. The first-order chi connectivity index (χ1) is 20.9. The number of pyridine rings is 1. The van der Waals surface area contributed by atoms with Crippen molar-refractivity contribution in [1.29, 1.82) is 0 Å². The fourth-order valence-corrected chi connectivity index (χ4v) is 6.74. The average molecular weight is 599 g/mol. The minimum Gasteiger partial charge on any atom is -0.320 e. The molecular weight excluding hydrogens is 563 g/mol. The number of hydrogen-bond acceptors (Lipinski definition) is 7. The molecule has 222 valence electrons. The number of benzene rings is 2. The van der Waals surface area contributed by atoms with Gasteiger partial charge in [-0.05, 0) is 68.1 Å². The van der Waals surface area contributed by atoms with Gasteiger partial charge in [0.25, 0.3) is 11.8 Å². The highest BCUT2D eigenvalue weighted by Gasteiger charge is 2.22. The number of thiazole rings is 1. The lowest BCUT2D eigenvalue weighted by molar-refractivity contribution is 0.101. The van der Waals surface area contributed by atoms with E-state index in [4.69, 9.17) is 0 Å². The van der Waals surface area contributed by atoms with Gasteiger partial charge in [-0.25, -0.2) is 9.37 Å². The Balaban J connectivity index is 1.16. The van der Waals surface area contributed by atoms with Crippen molar-refractivity contribution in [2.75, 3.05) is 23.7 Å². The van der Waals surface area contributed by atoms with Gasteiger partial charge in [0.1, 0.15) is 5.69 Å². The minimum atomic E-state index is -0.550. The number of likely N-dealkylation sites (tertiary alicyclic amines) is 1. The molecule has 0 radical (unpaired) electrons. The summed E-state index contributed by atoms with van der Waals surface area (Å²) >= 11 is 1.33. The summed E-state index contributed by atoms with van der Waals surface area (Å²) in [6.07, 6.45) is 6.24. The predicted octanol–water partition coefficient (Wildman–Crippen LogP) is 6.18. The summed E-state index contributed by atoms with van der Waals surface area (Å²) in [5, 5.41) is 9.23. The Morgan fingerprint density at radius 2 is 1.84 bits per heavy atom. The molecule has 2 aliphatic rings. The number of halogens is 1. The van der Waals surface area contributed by atoms with Gasteiger partial charge in [0.15, 0.2) is 10.8 Å². The third-order valence-corrected chi connectivity index (χ3v) is 9.40. The Labute approximate surface area is 254 Å². The number of nitrogens with zero attached hydrogens (tertiary/aromatic N) is 3. The molecule has 1 atom stereocenters. The third kappa shape index (κ3) is 6.36. The van der Waals surface area contributed by atoms with Crippen molar-refractivity contribution in [2.45, 2.75) is 58.7 Å². The monoisotopic (exact) mass is 598 g/mol. The standard InChI is InChI=1S/C33H35FN6O2S/c1-20-7-3-4-16-40(20)19-22-12-13-28(36-17-22)31(41)37-25-10-5-8-23(21(25)2)24-9-6-11-27(30(24)34)38-32(42)33-39-26-14-15-35-18-29(26)43-33/h5-6,8-13,17,20,35H,3-4,7,14-16,18-19H2,1-2H3,(H,37,41)(H,38,42)/t20-/m1/s1. The molecule has 4 heterocycles. The van der Waals surface area contributed by atoms with Gasteiger partial charge in [0.2, 0.25) is 0 Å². The van der Waals surface area contributed by atoms with Crippen LogP contribution in [0, 0.1) is 12.7 Å². The highest BCUT2D eigenvalue weighted by Crippen LogP contribution is 2.34. The maximum Gasteiger partial charge on any atom is 0.284 e. The molecule has 0 aliphatic carbocycles. The lowest BCUT2D eigenvalue weighted by Crippen LogP contribution is -2.36. The molecule has 4 aromatic rings. The zero-order valence-electron chi connectivity index (χ0n) is 24.4. The van der Waals surface area contributed by atoms with Crippen molar-refractivity contribution >= 4 is 34.5 Å². The van der Waals surface area contributed by atoms with Crippen LogP contribution < -0.4 is 16.0 Å². The Morgan fingerprint density at radius 3 is 2.60 bits per heavy atom. The van der Waals surface area contributed by atoms with E-state index in [9.17, 15) is 9.59 Å². The minimum absolute atomic E-state index is 0.0749. The summed E-state index contributed by atoms with van der Waals surface area (Å²) in [6.45, 7) is 7.52. The van der Waals surface area contributed by atoms with Crippen LogP contribution in [0.1, 0.15) is 68.2 Å². The number of hydrogen-bond donors (Lipinski definition) is 3. The zero-order chi connectivity index (χ0) is 29.9. The molecule has 2 amide bonds. The van der Waals surface area contributed by atoms with Gasteiger partial charge in [0.05, 0.1) is 11.4 Å². The Morgan fingerprint density at radius 1 is 1.05 bits per heavy atom. The van der Waals surface area contributed by atoms with E-state index in [0.717, 1.165) is 42.2 Å². The number of carbonyl (C=O) groups is 2. The predicted molar refractivity (Wildman–Crippen MR) is 168 cm³/mol. The van der Waals surface area contributed by atoms with E-state index in [-0.39, 0.29) is 11.6 Å². The van der Waals surface area contributed by atoms with E-state index in [1.165, 1.54) is 36.7 Å². The molecule has 2 aromatic heterocycles. The summed E-state index contributed by atoms with van der Waals surface area (Å²) in [4.78, 5) is 38.4. The van der Waals surface area contributed by atoms with Crippen molar-refractivity contribution in [1.82, 2.24) is 20.2 Å². The number of amides is 2. The highest BCUT2D eigenvalue weighted by atomic mass is 32.1. The third-order valence-electron chi connectivity index (χ3n) is 8.30. The van der Waals surface area contributed by atoms with Crippen LogP contribution in [0.4, 0.5) is 15.8 Å². The highest BCUT2D eigenvalue weighted by molar-refractivity contribution is 7.13. The number of nitrogens with one attached hydrogen (secondary N) is 3. The summed E-state index contributed by atoms with van der Waals surface area (Å²) in [5.74, 6) is -1.32. The molecule has 2 aliphatic heterocycles. The zero-order valence-corrected chi connectivity index (χ0v) is 25.2. The van der Waals surface area contributed by atoms with Crippen LogP contribution in [0.2, 0.25) is 0 Å². The van der Waals surface area contributed by atoms with E-state index >= 15 is 4.39 Å². The summed E-state index contributed by atoms with van der Waals surface area (Å²) in [6, 6.07) is 14.5. The molecular formula is C33H35FN6O2S. The van der Waals surface area contributed by atoms with E-state index in [0.29, 0.717) is 45.7 Å². The molecule has 0 spiro atoms. The maximum absolute atomic E-state index is 15.8. The Bertz CT molecular complexity index is 1630. The van der Waals surface area contributed by atoms with Crippen molar-refractivity contribution in [3.05, 3.63) is 92.9 Å². The van der Waals surface area contributed by atoms with Gasteiger partial charge in [-0.15, -0.1) is 11.3 Å². The van der Waals surface area contributed by atoms with Crippen molar-refractivity contribution in [2.24, 2.45) is 0 Å². The molecule has 2 aromatic carbocycles. The second-order valence-corrected chi connectivity index (χ2v) is 12.3. The number of rotatable bonds is 7.